The Morgan fingerprint density at radius 3 is 2.45 bits per heavy atom. The molecule has 0 unspecified atom stereocenters. The second-order valence-corrected chi connectivity index (χ2v) is 5.99. The predicted octanol–water partition coefficient (Wildman–Crippen LogP) is 3.25. The van der Waals surface area contributed by atoms with E-state index in [2.05, 4.69) is 31.9 Å². The van der Waals surface area contributed by atoms with Crippen molar-refractivity contribution in [3.63, 3.8) is 0 Å². The van der Waals surface area contributed by atoms with Gasteiger partial charge in [0.15, 0.2) is 0 Å². The topological polar surface area (TPSA) is 20.2 Å². The van der Waals surface area contributed by atoms with E-state index in [4.69, 9.17) is 0 Å². The van der Waals surface area contributed by atoms with E-state index in [0.717, 1.165) is 26.0 Å². The maximum atomic E-state index is 9.71. The van der Waals surface area contributed by atoms with E-state index in [9.17, 15) is 5.11 Å². The van der Waals surface area contributed by atoms with E-state index in [-0.39, 0.29) is 0 Å². The minimum absolute atomic E-state index is 0.487. The second kappa shape index (κ2) is 2.55. The number of rotatable bonds is 1. The van der Waals surface area contributed by atoms with Crippen molar-refractivity contribution in [1.29, 1.82) is 0 Å². The minimum atomic E-state index is -0.487. The fraction of sp³-hybridized carbons (Fsp3) is 0.429. The number of hydrogen-bond acceptors (Lipinski definition) is 2. The Kier molecular flexibility index (Phi) is 1.91. The van der Waals surface area contributed by atoms with Crippen LogP contribution in [0.2, 0.25) is 0 Å². The first-order valence-electron chi connectivity index (χ1n) is 3.29. The minimum Gasteiger partial charge on any atom is -0.384 e. The fourth-order valence-corrected chi connectivity index (χ4v) is 3.12. The molecule has 1 aliphatic rings. The Morgan fingerprint density at radius 2 is 2.09 bits per heavy atom. The van der Waals surface area contributed by atoms with E-state index in [1.807, 2.05) is 6.07 Å². The van der Waals surface area contributed by atoms with Gasteiger partial charge in [0.05, 0.1) is 9.39 Å². The summed E-state index contributed by atoms with van der Waals surface area (Å²) in [5.74, 6) is 0. The summed E-state index contributed by atoms with van der Waals surface area (Å²) in [7, 11) is 0. The highest BCUT2D eigenvalue weighted by molar-refractivity contribution is 9.13. The van der Waals surface area contributed by atoms with Gasteiger partial charge in [-0.15, -0.1) is 11.3 Å². The van der Waals surface area contributed by atoms with Gasteiger partial charge in [-0.2, -0.15) is 0 Å². The van der Waals surface area contributed by atoms with E-state index in [0.29, 0.717) is 0 Å². The molecular weight excluding hydrogens is 292 g/mol. The smallest absolute Gasteiger partial charge is 0.0991 e. The summed E-state index contributed by atoms with van der Waals surface area (Å²) in [4.78, 5) is 1.07. The molecule has 1 aliphatic carbocycles. The van der Waals surface area contributed by atoms with Gasteiger partial charge in [-0.3, -0.25) is 0 Å². The molecule has 0 spiro atoms. The highest BCUT2D eigenvalue weighted by atomic mass is 79.9. The molecule has 0 bridgehead atoms. The van der Waals surface area contributed by atoms with Crippen LogP contribution in [0.5, 0.6) is 0 Å². The van der Waals surface area contributed by atoms with Crippen LogP contribution in [-0.4, -0.2) is 5.11 Å². The molecule has 1 fully saturated rings. The second-order valence-electron chi connectivity index (χ2n) is 2.76. The van der Waals surface area contributed by atoms with Crippen LogP contribution < -0.4 is 0 Å². The average Bonchev–Trinajstić information content (AvgIpc) is 2.59. The summed E-state index contributed by atoms with van der Waals surface area (Å²) < 4.78 is 2.10. The number of halogens is 2. The Balaban J connectivity index is 2.39. The summed E-state index contributed by atoms with van der Waals surface area (Å²) >= 11 is 8.39. The monoisotopic (exact) mass is 296 g/mol. The van der Waals surface area contributed by atoms with Crippen molar-refractivity contribution < 1.29 is 5.11 Å². The lowest BCUT2D eigenvalue weighted by atomic mass is 10.3. The van der Waals surface area contributed by atoms with Gasteiger partial charge in [0.2, 0.25) is 0 Å². The molecule has 1 aromatic rings. The summed E-state index contributed by atoms with van der Waals surface area (Å²) in [6.07, 6.45) is 1.82. The molecule has 0 radical (unpaired) electrons. The molecule has 2 rings (SSSR count). The van der Waals surface area contributed by atoms with Crippen LogP contribution in [-0.2, 0) is 5.60 Å². The first-order valence-corrected chi connectivity index (χ1v) is 5.70. The fourth-order valence-electron chi connectivity index (χ4n) is 0.941. The quantitative estimate of drug-likeness (QED) is 0.844. The third-order valence-corrected chi connectivity index (χ3v) is 5.28. The molecule has 1 aromatic heterocycles. The lowest BCUT2D eigenvalue weighted by molar-refractivity contribution is 0.155. The van der Waals surface area contributed by atoms with Crippen molar-refractivity contribution in [2.75, 3.05) is 0 Å². The number of aliphatic hydroxyl groups is 1. The molecule has 1 nitrogen and oxygen atoms in total. The molecule has 1 N–H and O–H groups in total. The molecule has 11 heavy (non-hydrogen) atoms. The van der Waals surface area contributed by atoms with E-state index < -0.39 is 5.60 Å². The standard InChI is InChI=1S/C7H6Br2OS/c8-4-3-5(11-6(4)9)7(10)1-2-7/h3,10H,1-2H2. The van der Waals surface area contributed by atoms with Gasteiger partial charge < -0.3 is 5.11 Å². The third kappa shape index (κ3) is 1.41. The summed E-state index contributed by atoms with van der Waals surface area (Å²) in [6.45, 7) is 0. The molecule has 0 atom stereocenters. The highest BCUT2D eigenvalue weighted by Gasteiger charge is 2.43. The van der Waals surface area contributed by atoms with Crippen molar-refractivity contribution in [3.8, 4) is 0 Å². The summed E-state index contributed by atoms with van der Waals surface area (Å²) in [5, 5.41) is 9.71. The molecule has 1 heterocycles. The van der Waals surface area contributed by atoms with Gasteiger partial charge in [-0.05, 0) is 50.8 Å². The van der Waals surface area contributed by atoms with Crippen LogP contribution in [0.25, 0.3) is 0 Å². The maximum absolute atomic E-state index is 9.71. The van der Waals surface area contributed by atoms with Crippen LogP contribution in [0.15, 0.2) is 14.3 Å². The van der Waals surface area contributed by atoms with Crippen molar-refractivity contribution in [2.45, 2.75) is 18.4 Å². The molecule has 1 saturated carbocycles. The van der Waals surface area contributed by atoms with Crippen LogP contribution in [0, 0.1) is 0 Å². The zero-order valence-corrected chi connectivity index (χ0v) is 9.59. The molecule has 4 heteroatoms. The van der Waals surface area contributed by atoms with Crippen LogP contribution in [0.3, 0.4) is 0 Å². The number of thiophene rings is 1. The van der Waals surface area contributed by atoms with Crippen LogP contribution in [0.4, 0.5) is 0 Å². The van der Waals surface area contributed by atoms with Crippen molar-refractivity contribution in [2.24, 2.45) is 0 Å². The molecule has 0 saturated heterocycles. The Morgan fingerprint density at radius 1 is 1.45 bits per heavy atom. The molecule has 0 aromatic carbocycles. The van der Waals surface area contributed by atoms with Gasteiger partial charge in [0.1, 0.15) is 0 Å². The van der Waals surface area contributed by atoms with Crippen molar-refractivity contribution >= 4 is 43.2 Å². The Hall–Kier alpha value is 0.620. The normalized spacial score (nSPS) is 20.3. The Labute approximate surface area is 85.7 Å². The molecule has 0 amide bonds. The number of hydrogen-bond donors (Lipinski definition) is 1. The third-order valence-electron chi connectivity index (χ3n) is 1.83. The highest BCUT2D eigenvalue weighted by Crippen LogP contribution is 2.50. The zero-order chi connectivity index (χ0) is 8.06. The SMILES string of the molecule is OC1(c2cc(Br)c(Br)s2)CC1. The van der Waals surface area contributed by atoms with Crippen LogP contribution >= 0.6 is 43.2 Å². The van der Waals surface area contributed by atoms with E-state index in [1.165, 1.54) is 0 Å². The van der Waals surface area contributed by atoms with E-state index >= 15 is 0 Å². The van der Waals surface area contributed by atoms with Gasteiger partial charge >= 0.3 is 0 Å². The molecule has 0 aliphatic heterocycles. The van der Waals surface area contributed by atoms with Gasteiger partial charge in [-0.1, -0.05) is 0 Å². The van der Waals surface area contributed by atoms with Gasteiger partial charge in [0.25, 0.3) is 0 Å². The van der Waals surface area contributed by atoms with E-state index in [1.54, 1.807) is 11.3 Å². The lowest BCUT2D eigenvalue weighted by Crippen LogP contribution is -1.99. The molecule has 60 valence electrons. The zero-order valence-electron chi connectivity index (χ0n) is 5.60. The predicted molar refractivity (Wildman–Crippen MR) is 52.8 cm³/mol. The summed E-state index contributed by atoms with van der Waals surface area (Å²) in [5.41, 5.74) is -0.487. The summed E-state index contributed by atoms with van der Waals surface area (Å²) in [6, 6.07) is 1.99. The maximum Gasteiger partial charge on any atom is 0.0991 e. The van der Waals surface area contributed by atoms with Crippen LogP contribution in [0.1, 0.15) is 17.7 Å². The van der Waals surface area contributed by atoms with Crippen molar-refractivity contribution in [3.05, 3.63) is 19.2 Å². The first kappa shape index (κ1) is 8.23. The first-order chi connectivity index (χ1) is 5.12. The van der Waals surface area contributed by atoms with Gasteiger partial charge in [-0.25, -0.2) is 0 Å². The molecular formula is C7H6Br2OS. The van der Waals surface area contributed by atoms with Crippen molar-refractivity contribution in [1.82, 2.24) is 0 Å². The van der Waals surface area contributed by atoms with Gasteiger partial charge in [0, 0.05) is 9.35 Å². The Bertz CT molecular complexity index is 271. The largest absolute Gasteiger partial charge is 0.384 e. The lowest BCUT2D eigenvalue weighted by Gasteiger charge is -2.00. The average molecular weight is 298 g/mol.